The summed E-state index contributed by atoms with van der Waals surface area (Å²) in [4.78, 5) is 27.6. The summed E-state index contributed by atoms with van der Waals surface area (Å²) < 4.78 is 5.45. The maximum atomic E-state index is 11.7. The normalized spacial score (nSPS) is 13.7. The molecule has 0 atom stereocenters. The zero-order chi connectivity index (χ0) is 20.9. The summed E-state index contributed by atoms with van der Waals surface area (Å²) >= 11 is 0. The second-order valence-corrected chi connectivity index (χ2v) is 7.08. The van der Waals surface area contributed by atoms with Crippen LogP contribution in [0.15, 0.2) is 48.5 Å². The molecule has 0 spiro atoms. The molecule has 4 rings (SSSR count). The van der Waals surface area contributed by atoms with Crippen LogP contribution < -0.4 is 15.5 Å². The minimum atomic E-state index is 0.00482. The van der Waals surface area contributed by atoms with Crippen molar-refractivity contribution in [1.29, 1.82) is 0 Å². The van der Waals surface area contributed by atoms with Crippen LogP contribution in [0.2, 0.25) is 0 Å². The summed E-state index contributed by atoms with van der Waals surface area (Å²) in [7, 11) is 0. The third-order valence-corrected chi connectivity index (χ3v) is 4.83. The van der Waals surface area contributed by atoms with E-state index in [1.807, 2.05) is 43.3 Å². The zero-order valence-electron chi connectivity index (χ0n) is 17.1. The van der Waals surface area contributed by atoms with Gasteiger partial charge in [-0.05, 0) is 37.6 Å². The summed E-state index contributed by atoms with van der Waals surface area (Å²) in [6.07, 6.45) is 0. The molecule has 3 aromatic rings. The first-order chi connectivity index (χ1) is 14.6. The van der Waals surface area contributed by atoms with Gasteiger partial charge in [-0.15, -0.1) is 0 Å². The molecule has 1 aliphatic rings. The Morgan fingerprint density at radius 1 is 0.967 bits per heavy atom. The monoisotopic (exact) mass is 404 g/mol. The van der Waals surface area contributed by atoms with Crippen molar-refractivity contribution in [1.82, 2.24) is 15.0 Å². The van der Waals surface area contributed by atoms with E-state index in [0.717, 1.165) is 16.9 Å². The van der Waals surface area contributed by atoms with Gasteiger partial charge >= 0.3 is 0 Å². The third kappa shape index (κ3) is 4.72. The van der Waals surface area contributed by atoms with Crippen LogP contribution in [-0.4, -0.2) is 47.0 Å². The maximum absolute atomic E-state index is 11.7. The Morgan fingerprint density at radius 3 is 2.43 bits per heavy atom. The van der Waals surface area contributed by atoms with Crippen LogP contribution in [0.3, 0.4) is 0 Å². The number of morpholine rings is 1. The number of anilines is 5. The molecule has 1 fully saturated rings. The standard InChI is InChI=1S/C22H24N6O2/c1-15-6-3-4-9-19(15)24-21-25-20(23-18-8-5-7-17(14-18)16(2)29)26-22(27-21)28-10-12-30-13-11-28/h3-9,14H,10-13H2,1-2H3,(H2,23,24,25,26,27). The van der Waals surface area contributed by atoms with Gasteiger partial charge in [0, 0.05) is 30.0 Å². The molecular weight excluding hydrogens is 380 g/mol. The first-order valence-corrected chi connectivity index (χ1v) is 9.88. The van der Waals surface area contributed by atoms with Crippen molar-refractivity contribution in [2.45, 2.75) is 13.8 Å². The van der Waals surface area contributed by atoms with E-state index in [1.54, 1.807) is 19.1 Å². The van der Waals surface area contributed by atoms with Gasteiger partial charge in [-0.1, -0.05) is 30.3 Å². The van der Waals surface area contributed by atoms with Crippen molar-refractivity contribution in [2.75, 3.05) is 41.8 Å². The van der Waals surface area contributed by atoms with Gasteiger partial charge in [0.2, 0.25) is 17.8 Å². The number of nitrogens with one attached hydrogen (secondary N) is 2. The molecule has 0 bridgehead atoms. The highest BCUT2D eigenvalue weighted by molar-refractivity contribution is 5.95. The Balaban J connectivity index is 1.67. The van der Waals surface area contributed by atoms with E-state index in [2.05, 4.69) is 30.5 Å². The average Bonchev–Trinajstić information content (AvgIpc) is 2.76. The maximum Gasteiger partial charge on any atom is 0.233 e. The number of hydrogen-bond acceptors (Lipinski definition) is 8. The molecule has 1 aromatic heterocycles. The lowest BCUT2D eigenvalue weighted by Crippen LogP contribution is -2.37. The van der Waals surface area contributed by atoms with Gasteiger partial charge in [0.1, 0.15) is 0 Å². The molecule has 30 heavy (non-hydrogen) atoms. The Bertz CT molecular complexity index is 1050. The number of aryl methyl sites for hydroxylation is 1. The fourth-order valence-electron chi connectivity index (χ4n) is 3.16. The van der Waals surface area contributed by atoms with E-state index in [-0.39, 0.29) is 5.78 Å². The molecule has 154 valence electrons. The number of para-hydroxylation sites is 1. The van der Waals surface area contributed by atoms with Gasteiger partial charge < -0.3 is 20.3 Å². The molecule has 0 radical (unpaired) electrons. The number of Topliss-reactive ketones (excluding diaryl/α,β-unsaturated/α-hetero) is 1. The van der Waals surface area contributed by atoms with E-state index < -0.39 is 0 Å². The highest BCUT2D eigenvalue weighted by Crippen LogP contribution is 2.23. The lowest BCUT2D eigenvalue weighted by Gasteiger charge is -2.27. The van der Waals surface area contributed by atoms with Gasteiger partial charge in [0.25, 0.3) is 0 Å². The Hall–Kier alpha value is -3.52. The number of carbonyl (C=O) groups excluding carboxylic acids is 1. The predicted molar refractivity (Wildman–Crippen MR) is 117 cm³/mol. The highest BCUT2D eigenvalue weighted by atomic mass is 16.5. The zero-order valence-corrected chi connectivity index (χ0v) is 17.1. The van der Waals surface area contributed by atoms with Gasteiger partial charge in [0.15, 0.2) is 5.78 Å². The third-order valence-electron chi connectivity index (χ3n) is 4.83. The molecule has 0 amide bonds. The van der Waals surface area contributed by atoms with Crippen molar-refractivity contribution in [3.05, 3.63) is 59.7 Å². The molecule has 2 aromatic carbocycles. The smallest absolute Gasteiger partial charge is 0.233 e. The molecule has 2 heterocycles. The first kappa shape index (κ1) is 19.8. The van der Waals surface area contributed by atoms with E-state index in [0.29, 0.717) is 49.7 Å². The fraction of sp³-hybridized carbons (Fsp3) is 0.273. The topological polar surface area (TPSA) is 92.3 Å². The molecule has 2 N–H and O–H groups in total. The average molecular weight is 404 g/mol. The lowest BCUT2D eigenvalue weighted by molar-refractivity contribution is 0.101. The van der Waals surface area contributed by atoms with E-state index >= 15 is 0 Å². The second-order valence-electron chi connectivity index (χ2n) is 7.08. The molecule has 0 saturated carbocycles. The van der Waals surface area contributed by atoms with E-state index in [9.17, 15) is 4.79 Å². The number of ether oxygens (including phenoxy) is 1. The summed E-state index contributed by atoms with van der Waals surface area (Å²) in [6.45, 7) is 6.27. The molecular formula is C22H24N6O2. The molecule has 8 heteroatoms. The van der Waals surface area contributed by atoms with Crippen molar-refractivity contribution < 1.29 is 9.53 Å². The lowest BCUT2D eigenvalue weighted by atomic mass is 10.1. The summed E-state index contributed by atoms with van der Waals surface area (Å²) in [5, 5.41) is 6.50. The Morgan fingerprint density at radius 2 is 1.70 bits per heavy atom. The number of nitrogens with zero attached hydrogens (tertiary/aromatic N) is 4. The summed E-state index contributed by atoms with van der Waals surface area (Å²) in [5.41, 5.74) is 3.39. The van der Waals surface area contributed by atoms with Crippen LogP contribution in [0.1, 0.15) is 22.8 Å². The van der Waals surface area contributed by atoms with Crippen molar-refractivity contribution in [3.8, 4) is 0 Å². The van der Waals surface area contributed by atoms with Gasteiger partial charge in [0.05, 0.1) is 13.2 Å². The largest absolute Gasteiger partial charge is 0.378 e. The van der Waals surface area contributed by atoms with Gasteiger partial charge in [-0.2, -0.15) is 15.0 Å². The predicted octanol–water partition coefficient (Wildman–Crippen LogP) is 3.71. The number of ketones is 1. The molecule has 0 unspecified atom stereocenters. The Kier molecular flexibility index (Phi) is 5.85. The van der Waals surface area contributed by atoms with Crippen LogP contribution in [0.4, 0.5) is 29.2 Å². The number of aromatic nitrogens is 3. The van der Waals surface area contributed by atoms with Crippen LogP contribution in [0.25, 0.3) is 0 Å². The molecule has 1 saturated heterocycles. The number of benzene rings is 2. The minimum Gasteiger partial charge on any atom is -0.378 e. The fourth-order valence-corrected chi connectivity index (χ4v) is 3.16. The van der Waals surface area contributed by atoms with Crippen LogP contribution in [-0.2, 0) is 4.74 Å². The molecule has 0 aliphatic carbocycles. The summed E-state index contributed by atoms with van der Waals surface area (Å²) in [5.74, 6) is 1.44. The quantitative estimate of drug-likeness (QED) is 0.601. The van der Waals surface area contributed by atoms with Gasteiger partial charge in [-0.3, -0.25) is 4.79 Å². The van der Waals surface area contributed by atoms with Crippen molar-refractivity contribution in [2.24, 2.45) is 0 Å². The first-order valence-electron chi connectivity index (χ1n) is 9.88. The molecule has 8 nitrogen and oxygen atoms in total. The van der Waals surface area contributed by atoms with Crippen LogP contribution in [0, 0.1) is 6.92 Å². The highest BCUT2D eigenvalue weighted by Gasteiger charge is 2.17. The number of carbonyl (C=O) groups is 1. The number of hydrogen-bond donors (Lipinski definition) is 2. The van der Waals surface area contributed by atoms with Crippen LogP contribution >= 0.6 is 0 Å². The molecule has 1 aliphatic heterocycles. The van der Waals surface area contributed by atoms with Crippen LogP contribution in [0.5, 0.6) is 0 Å². The van der Waals surface area contributed by atoms with Crippen molar-refractivity contribution in [3.63, 3.8) is 0 Å². The van der Waals surface area contributed by atoms with Gasteiger partial charge in [-0.25, -0.2) is 0 Å². The number of rotatable bonds is 6. The second kappa shape index (κ2) is 8.87. The van der Waals surface area contributed by atoms with E-state index in [1.165, 1.54) is 0 Å². The van der Waals surface area contributed by atoms with E-state index in [4.69, 9.17) is 4.74 Å². The minimum absolute atomic E-state index is 0.00482. The van der Waals surface area contributed by atoms with Crippen molar-refractivity contribution >= 4 is 35.0 Å². The summed E-state index contributed by atoms with van der Waals surface area (Å²) in [6, 6.07) is 15.2. The Labute approximate surface area is 175 Å². The SMILES string of the molecule is CC(=O)c1cccc(Nc2nc(Nc3ccccc3C)nc(N3CCOCC3)n2)c1.